The number of carbonyl (C=O) groups excluding carboxylic acids is 1. The smallest absolute Gasteiger partial charge is 0.247 e. The SMILES string of the molecule is C=CC(=O)Nc1cc(Nc2ncc(Cl)c(Nc3ccccc3P(C)(C)=O)n2)c(OC)cc1C#CCN(C)CCOC. The minimum atomic E-state index is -2.57. The maximum atomic E-state index is 12.8. The molecule has 3 aromatic rings. The van der Waals surface area contributed by atoms with Crippen LogP contribution in [0.5, 0.6) is 5.75 Å². The predicted octanol–water partition coefficient (Wildman–Crippen LogP) is 4.93. The molecule has 1 heterocycles. The molecule has 0 radical (unpaired) electrons. The van der Waals surface area contributed by atoms with E-state index in [2.05, 4.69) is 44.3 Å². The monoisotopic (exact) mass is 596 g/mol. The van der Waals surface area contributed by atoms with Crippen LogP contribution in [0.4, 0.5) is 28.8 Å². The zero-order valence-electron chi connectivity index (χ0n) is 23.7. The zero-order valence-corrected chi connectivity index (χ0v) is 25.4. The fraction of sp³-hybridized carbons (Fsp3) is 0.276. The van der Waals surface area contributed by atoms with Gasteiger partial charge in [-0.15, -0.1) is 0 Å². The third-order valence-electron chi connectivity index (χ3n) is 5.76. The van der Waals surface area contributed by atoms with E-state index in [1.807, 2.05) is 36.2 Å². The molecule has 0 spiro atoms. The van der Waals surface area contributed by atoms with E-state index in [-0.39, 0.29) is 11.0 Å². The summed E-state index contributed by atoms with van der Waals surface area (Å²) in [6.07, 6.45) is 2.63. The van der Waals surface area contributed by atoms with Gasteiger partial charge in [0.2, 0.25) is 11.9 Å². The van der Waals surface area contributed by atoms with Crippen LogP contribution in [-0.4, -0.2) is 75.1 Å². The molecule has 2 aromatic carbocycles. The Morgan fingerprint density at radius 2 is 1.93 bits per heavy atom. The van der Waals surface area contributed by atoms with Gasteiger partial charge in [0.05, 0.1) is 49.1 Å². The number of halogens is 1. The first-order valence-corrected chi connectivity index (χ1v) is 15.6. The molecule has 3 N–H and O–H groups in total. The molecule has 0 aliphatic rings. The molecule has 0 atom stereocenters. The average Bonchev–Trinajstić information content (AvgIpc) is 2.94. The van der Waals surface area contributed by atoms with Crippen molar-refractivity contribution in [1.29, 1.82) is 0 Å². The first-order chi connectivity index (χ1) is 19.5. The molecule has 0 bridgehead atoms. The van der Waals surface area contributed by atoms with Crippen molar-refractivity contribution < 1.29 is 18.8 Å². The minimum Gasteiger partial charge on any atom is -0.495 e. The van der Waals surface area contributed by atoms with Gasteiger partial charge >= 0.3 is 0 Å². The van der Waals surface area contributed by atoms with Crippen molar-refractivity contribution in [2.45, 2.75) is 0 Å². The summed E-state index contributed by atoms with van der Waals surface area (Å²) in [5, 5.41) is 10.1. The van der Waals surface area contributed by atoms with Gasteiger partial charge in [-0.1, -0.05) is 42.2 Å². The van der Waals surface area contributed by atoms with Crippen LogP contribution in [0.2, 0.25) is 5.02 Å². The molecule has 0 aliphatic heterocycles. The van der Waals surface area contributed by atoms with Crippen molar-refractivity contribution in [2.24, 2.45) is 0 Å². The van der Waals surface area contributed by atoms with E-state index < -0.39 is 13.0 Å². The Morgan fingerprint density at radius 3 is 2.61 bits per heavy atom. The van der Waals surface area contributed by atoms with Crippen LogP contribution in [-0.2, 0) is 14.1 Å². The largest absolute Gasteiger partial charge is 0.495 e. The van der Waals surface area contributed by atoms with Gasteiger partial charge in [0, 0.05) is 25.0 Å². The molecule has 41 heavy (non-hydrogen) atoms. The number of nitrogens with zero attached hydrogens (tertiary/aromatic N) is 3. The number of likely N-dealkylation sites (N-methyl/N-ethyl adjacent to an activating group) is 1. The molecule has 0 saturated carbocycles. The summed E-state index contributed by atoms with van der Waals surface area (Å²) >= 11 is 6.40. The van der Waals surface area contributed by atoms with Crippen molar-refractivity contribution in [1.82, 2.24) is 14.9 Å². The minimum absolute atomic E-state index is 0.212. The highest BCUT2D eigenvalue weighted by Gasteiger charge is 2.18. The van der Waals surface area contributed by atoms with Crippen molar-refractivity contribution in [3.63, 3.8) is 0 Å². The first-order valence-electron chi connectivity index (χ1n) is 12.6. The van der Waals surface area contributed by atoms with E-state index in [0.717, 1.165) is 6.54 Å². The van der Waals surface area contributed by atoms with E-state index in [0.29, 0.717) is 52.6 Å². The van der Waals surface area contributed by atoms with Crippen LogP contribution in [0.15, 0.2) is 55.3 Å². The first kappa shape index (κ1) is 31.7. The summed E-state index contributed by atoms with van der Waals surface area (Å²) in [5.74, 6) is 6.82. The Kier molecular flexibility index (Phi) is 11.3. The topological polar surface area (TPSA) is 118 Å². The highest BCUT2D eigenvalue weighted by Crippen LogP contribution is 2.39. The lowest BCUT2D eigenvalue weighted by atomic mass is 10.1. The number of benzene rings is 2. The second-order valence-electron chi connectivity index (χ2n) is 9.33. The molecule has 10 nitrogen and oxygen atoms in total. The standard InChI is InChI=1S/C29H34ClN6O4P/c1-7-27(37)32-23-18-24(25(40-4)17-20(23)11-10-14-36(2)15-16-39-3)34-29-31-19-21(30)28(35-29)33-22-12-8-9-13-26(22)41(5,6)38/h7-9,12-13,17-19H,1,14-16H2,2-6H3,(H,32,37)(H2,31,33,34,35). The van der Waals surface area contributed by atoms with Gasteiger partial charge in [0.25, 0.3) is 0 Å². The summed E-state index contributed by atoms with van der Waals surface area (Å²) < 4.78 is 23.5. The second-order valence-corrected chi connectivity index (χ2v) is 12.9. The van der Waals surface area contributed by atoms with E-state index in [9.17, 15) is 9.36 Å². The zero-order chi connectivity index (χ0) is 30.0. The molecule has 1 amide bonds. The molecule has 3 rings (SSSR count). The summed E-state index contributed by atoms with van der Waals surface area (Å²) in [4.78, 5) is 23.0. The van der Waals surface area contributed by atoms with Crippen LogP contribution in [0.1, 0.15) is 5.56 Å². The normalized spacial score (nSPS) is 10.9. The number of ether oxygens (including phenoxy) is 2. The Morgan fingerprint density at radius 1 is 1.17 bits per heavy atom. The predicted molar refractivity (Wildman–Crippen MR) is 167 cm³/mol. The van der Waals surface area contributed by atoms with E-state index >= 15 is 0 Å². The Labute approximate surface area is 245 Å². The summed E-state index contributed by atoms with van der Waals surface area (Å²) in [6.45, 7) is 8.77. The summed E-state index contributed by atoms with van der Waals surface area (Å²) in [7, 11) is 2.55. The second kappa shape index (κ2) is 14.7. The summed E-state index contributed by atoms with van der Waals surface area (Å²) in [5.41, 5.74) is 2.13. The number of hydrogen-bond acceptors (Lipinski definition) is 9. The molecule has 0 saturated heterocycles. The maximum Gasteiger partial charge on any atom is 0.247 e. The Bertz CT molecular complexity index is 1510. The Hall–Kier alpha value is -3.87. The molecular weight excluding hydrogens is 563 g/mol. The molecule has 1 aromatic heterocycles. The fourth-order valence-corrected chi connectivity index (χ4v) is 4.94. The van der Waals surface area contributed by atoms with Crippen LogP contribution < -0.4 is 26.0 Å². The molecular formula is C29H34ClN6O4P. The quantitative estimate of drug-likeness (QED) is 0.152. The molecule has 0 fully saturated rings. The van der Waals surface area contributed by atoms with Gasteiger partial charge in [-0.25, -0.2) is 4.98 Å². The van der Waals surface area contributed by atoms with Crippen molar-refractivity contribution in [2.75, 3.05) is 70.2 Å². The van der Waals surface area contributed by atoms with Crippen molar-refractivity contribution >= 4 is 58.8 Å². The lowest BCUT2D eigenvalue weighted by Crippen LogP contribution is -2.23. The number of rotatable bonds is 12. The number of hydrogen-bond donors (Lipinski definition) is 3. The number of carbonyl (C=O) groups is 1. The van der Waals surface area contributed by atoms with Crippen molar-refractivity contribution in [3.05, 3.63) is 65.8 Å². The average molecular weight is 597 g/mol. The van der Waals surface area contributed by atoms with Gasteiger partial charge in [0.15, 0.2) is 5.82 Å². The number of amides is 1. The number of para-hydroxylation sites is 1. The van der Waals surface area contributed by atoms with Crippen LogP contribution in [0.25, 0.3) is 0 Å². The van der Waals surface area contributed by atoms with Gasteiger partial charge < -0.3 is 30.0 Å². The maximum absolute atomic E-state index is 12.8. The van der Waals surface area contributed by atoms with E-state index in [1.165, 1.54) is 19.4 Å². The van der Waals surface area contributed by atoms with Crippen LogP contribution >= 0.6 is 18.7 Å². The van der Waals surface area contributed by atoms with Crippen LogP contribution in [0, 0.1) is 11.8 Å². The number of methoxy groups -OCH3 is 2. The number of nitrogens with one attached hydrogen (secondary N) is 3. The van der Waals surface area contributed by atoms with Gasteiger partial charge in [0.1, 0.15) is 17.9 Å². The van der Waals surface area contributed by atoms with E-state index in [4.69, 9.17) is 21.1 Å². The lowest BCUT2D eigenvalue weighted by molar-refractivity contribution is -0.111. The fourth-order valence-electron chi connectivity index (χ4n) is 3.64. The van der Waals surface area contributed by atoms with Crippen LogP contribution in [0.3, 0.4) is 0 Å². The van der Waals surface area contributed by atoms with E-state index in [1.54, 1.807) is 32.6 Å². The Balaban J connectivity index is 1.95. The molecule has 0 unspecified atom stereocenters. The number of aromatic nitrogens is 2. The molecule has 0 aliphatic carbocycles. The molecule has 12 heteroatoms. The lowest BCUT2D eigenvalue weighted by Gasteiger charge is -2.17. The molecule has 216 valence electrons. The van der Waals surface area contributed by atoms with Gasteiger partial charge in [-0.2, -0.15) is 4.98 Å². The summed E-state index contributed by atoms with van der Waals surface area (Å²) in [6, 6.07) is 10.7. The highest BCUT2D eigenvalue weighted by atomic mass is 35.5. The highest BCUT2D eigenvalue weighted by molar-refractivity contribution is 7.70. The third kappa shape index (κ3) is 9.07. The third-order valence-corrected chi connectivity index (χ3v) is 7.59. The van der Waals surface area contributed by atoms with Gasteiger partial charge in [-0.3, -0.25) is 9.69 Å². The number of anilines is 5. The van der Waals surface area contributed by atoms with Gasteiger partial charge in [-0.05, 0) is 44.7 Å². The van der Waals surface area contributed by atoms with Crippen molar-refractivity contribution in [3.8, 4) is 17.6 Å².